The number of benzene rings is 1. The van der Waals surface area contributed by atoms with Gasteiger partial charge in [-0.3, -0.25) is 14.7 Å². The second-order valence-corrected chi connectivity index (χ2v) is 7.56. The molecule has 1 atom stereocenters. The van der Waals surface area contributed by atoms with Gasteiger partial charge in [0.25, 0.3) is 5.91 Å². The first-order chi connectivity index (χ1) is 14.5. The van der Waals surface area contributed by atoms with Gasteiger partial charge in [0.15, 0.2) is 11.5 Å². The molecule has 2 aromatic heterocycles. The lowest BCUT2D eigenvalue weighted by atomic mass is 10.0. The van der Waals surface area contributed by atoms with Crippen molar-refractivity contribution in [3.63, 3.8) is 0 Å². The second kappa shape index (κ2) is 8.48. The molecule has 1 unspecified atom stereocenters. The van der Waals surface area contributed by atoms with Gasteiger partial charge in [0, 0.05) is 37.8 Å². The molecule has 1 saturated heterocycles. The third-order valence-corrected chi connectivity index (χ3v) is 5.65. The second-order valence-electron chi connectivity index (χ2n) is 7.56. The van der Waals surface area contributed by atoms with Crippen molar-refractivity contribution in [1.29, 1.82) is 0 Å². The summed E-state index contributed by atoms with van der Waals surface area (Å²) in [4.78, 5) is 29.4. The number of amides is 2. The van der Waals surface area contributed by atoms with E-state index in [0.29, 0.717) is 24.8 Å². The number of hydrogen-bond acceptors (Lipinski definition) is 6. The number of nitrogens with one attached hydrogen (secondary N) is 2. The van der Waals surface area contributed by atoms with Crippen molar-refractivity contribution in [3.8, 4) is 0 Å². The molecule has 1 aliphatic rings. The molecular weight excluding hydrogens is 382 g/mol. The molecule has 1 fully saturated rings. The first-order valence-electron chi connectivity index (χ1n) is 10.1. The average Bonchev–Trinajstić information content (AvgIpc) is 3.23. The van der Waals surface area contributed by atoms with Crippen LogP contribution < -0.4 is 10.2 Å². The Bertz CT molecular complexity index is 1030. The van der Waals surface area contributed by atoms with Crippen molar-refractivity contribution in [3.05, 3.63) is 48.3 Å². The molecule has 1 aliphatic heterocycles. The zero-order valence-electron chi connectivity index (χ0n) is 17.1. The zero-order chi connectivity index (χ0) is 21.1. The first kappa shape index (κ1) is 19.8. The van der Waals surface area contributed by atoms with Crippen LogP contribution >= 0.6 is 0 Å². The predicted octanol–water partition coefficient (Wildman–Crippen LogP) is 1.60. The van der Waals surface area contributed by atoms with E-state index in [4.69, 9.17) is 0 Å². The average molecular weight is 407 g/mol. The summed E-state index contributed by atoms with van der Waals surface area (Å²) in [5.74, 6) is 0.392. The number of anilines is 1. The number of likely N-dealkylation sites (tertiary alicyclic amines) is 1. The number of fused-ring (bicyclic) bond motifs is 1. The van der Waals surface area contributed by atoms with Gasteiger partial charge in [-0.25, -0.2) is 0 Å². The predicted molar refractivity (Wildman–Crippen MR) is 113 cm³/mol. The standard InChI is InChI=1S/C21H25N7O2/c1-14(23-20(29)19-16-6-3-4-7-17(16)24-26-19)21(30)28-12-9-15(10-13-28)27(2)18-8-5-11-22-25-18/h3-8,11,14-15H,9-10,12-13H2,1-2H3,(H,23,29)(H,24,26). The van der Waals surface area contributed by atoms with Gasteiger partial charge in [-0.2, -0.15) is 10.2 Å². The highest BCUT2D eigenvalue weighted by molar-refractivity contribution is 6.05. The lowest BCUT2D eigenvalue weighted by Gasteiger charge is -2.38. The molecule has 0 aliphatic carbocycles. The minimum atomic E-state index is -0.623. The van der Waals surface area contributed by atoms with Crippen molar-refractivity contribution in [2.75, 3.05) is 25.0 Å². The first-order valence-corrected chi connectivity index (χ1v) is 10.1. The third kappa shape index (κ3) is 3.96. The SMILES string of the molecule is CC(NC(=O)c1n[nH]c2ccccc12)C(=O)N1CCC(N(C)c2cccnn2)CC1. The van der Waals surface area contributed by atoms with E-state index in [1.807, 2.05) is 48.3 Å². The number of aromatic amines is 1. The van der Waals surface area contributed by atoms with Gasteiger partial charge in [-0.1, -0.05) is 18.2 Å². The smallest absolute Gasteiger partial charge is 0.273 e. The van der Waals surface area contributed by atoms with Crippen molar-refractivity contribution in [1.82, 2.24) is 30.6 Å². The molecule has 2 N–H and O–H groups in total. The normalized spacial score (nSPS) is 15.7. The lowest BCUT2D eigenvalue weighted by molar-refractivity contribution is -0.133. The molecule has 9 heteroatoms. The minimum Gasteiger partial charge on any atom is -0.355 e. The maximum Gasteiger partial charge on any atom is 0.273 e. The summed E-state index contributed by atoms with van der Waals surface area (Å²) in [6, 6.07) is 10.9. The van der Waals surface area contributed by atoms with E-state index in [0.717, 1.165) is 29.6 Å². The Balaban J connectivity index is 1.33. The Hall–Kier alpha value is -3.49. The number of hydrogen-bond donors (Lipinski definition) is 2. The number of para-hydroxylation sites is 1. The van der Waals surface area contributed by atoms with Gasteiger partial charge in [0.2, 0.25) is 5.91 Å². The summed E-state index contributed by atoms with van der Waals surface area (Å²) >= 11 is 0. The zero-order valence-corrected chi connectivity index (χ0v) is 17.1. The molecule has 156 valence electrons. The van der Waals surface area contributed by atoms with E-state index in [1.54, 1.807) is 13.1 Å². The number of rotatable bonds is 5. The van der Waals surface area contributed by atoms with Crippen molar-refractivity contribution in [2.45, 2.75) is 31.8 Å². The van der Waals surface area contributed by atoms with Crippen LogP contribution in [0.25, 0.3) is 10.9 Å². The van der Waals surface area contributed by atoms with E-state index in [9.17, 15) is 9.59 Å². The van der Waals surface area contributed by atoms with Gasteiger partial charge in [-0.05, 0) is 38.0 Å². The Morgan fingerprint density at radius 2 is 1.97 bits per heavy atom. The summed E-state index contributed by atoms with van der Waals surface area (Å²) in [6.45, 7) is 2.99. The van der Waals surface area contributed by atoms with Gasteiger partial charge in [0.05, 0.1) is 5.52 Å². The fourth-order valence-corrected chi connectivity index (χ4v) is 3.88. The van der Waals surface area contributed by atoms with Crippen molar-refractivity contribution in [2.24, 2.45) is 0 Å². The lowest BCUT2D eigenvalue weighted by Crippen LogP contribution is -2.52. The molecule has 0 saturated carbocycles. The van der Waals surface area contributed by atoms with Crippen molar-refractivity contribution < 1.29 is 9.59 Å². The van der Waals surface area contributed by atoms with E-state index >= 15 is 0 Å². The van der Waals surface area contributed by atoms with Crippen LogP contribution in [0.2, 0.25) is 0 Å². The molecule has 4 rings (SSSR count). The topological polar surface area (TPSA) is 107 Å². The van der Waals surface area contributed by atoms with Crippen LogP contribution in [0.1, 0.15) is 30.3 Å². The number of H-pyrrole nitrogens is 1. The highest BCUT2D eigenvalue weighted by Gasteiger charge is 2.29. The molecule has 0 radical (unpaired) electrons. The number of piperidine rings is 1. The van der Waals surface area contributed by atoms with Crippen molar-refractivity contribution >= 4 is 28.5 Å². The maximum atomic E-state index is 12.9. The van der Waals surface area contributed by atoms with Crippen LogP contribution in [0.4, 0.5) is 5.82 Å². The van der Waals surface area contributed by atoms with Crippen LogP contribution in [0, 0.1) is 0 Å². The summed E-state index contributed by atoms with van der Waals surface area (Å²) in [7, 11) is 2.00. The Labute approximate surface area is 174 Å². The molecule has 0 bridgehead atoms. The maximum absolute atomic E-state index is 12.9. The van der Waals surface area contributed by atoms with Crippen LogP contribution in [-0.2, 0) is 4.79 Å². The highest BCUT2D eigenvalue weighted by Crippen LogP contribution is 2.20. The van der Waals surface area contributed by atoms with Gasteiger partial charge < -0.3 is 15.1 Å². The molecule has 9 nitrogen and oxygen atoms in total. The van der Waals surface area contributed by atoms with Gasteiger partial charge >= 0.3 is 0 Å². The molecule has 1 aromatic carbocycles. The highest BCUT2D eigenvalue weighted by atomic mass is 16.2. The Kier molecular flexibility index (Phi) is 5.60. The molecule has 30 heavy (non-hydrogen) atoms. The molecule has 3 aromatic rings. The number of aromatic nitrogens is 4. The third-order valence-electron chi connectivity index (χ3n) is 5.65. The Morgan fingerprint density at radius 3 is 2.70 bits per heavy atom. The summed E-state index contributed by atoms with van der Waals surface area (Å²) in [5.41, 5.74) is 1.09. The van der Waals surface area contributed by atoms with E-state index in [1.165, 1.54) is 0 Å². The molecule has 2 amide bonds. The number of carbonyl (C=O) groups excluding carboxylic acids is 2. The molecule has 3 heterocycles. The van der Waals surface area contributed by atoms with E-state index in [2.05, 4.69) is 30.6 Å². The van der Waals surface area contributed by atoms with Crippen LogP contribution in [0.3, 0.4) is 0 Å². The number of nitrogens with zero attached hydrogens (tertiary/aromatic N) is 5. The molecule has 0 spiro atoms. The van der Waals surface area contributed by atoms with E-state index < -0.39 is 6.04 Å². The largest absolute Gasteiger partial charge is 0.355 e. The Morgan fingerprint density at radius 1 is 1.20 bits per heavy atom. The fourth-order valence-electron chi connectivity index (χ4n) is 3.88. The van der Waals surface area contributed by atoms with E-state index in [-0.39, 0.29) is 11.8 Å². The molecular formula is C21H25N7O2. The van der Waals surface area contributed by atoms with Gasteiger partial charge in [-0.15, -0.1) is 5.10 Å². The van der Waals surface area contributed by atoms with Crippen LogP contribution in [0.5, 0.6) is 0 Å². The quantitative estimate of drug-likeness (QED) is 0.665. The van der Waals surface area contributed by atoms with Crippen LogP contribution in [-0.4, -0.2) is 69.3 Å². The monoisotopic (exact) mass is 407 g/mol. The number of carbonyl (C=O) groups is 2. The summed E-state index contributed by atoms with van der Waals surface area (Å²) in [5, 5.41) is 18.6. The van der Waals surface area contributed by atoms with Crippen LogP contribution in [0.15, 0.2) is 42.6 Å². The van der Waals surface area contributed by atoms with Gasteiger partial charge in [0.1, 0.15) is 6.04 Å². The fraction of sp³-hybridized carbons (Fsp3) is 0.381. The minimum absolute atomic E-state index is 0.0798. The summed E-state index contributed by atoms with van der Waals surface area (Å²) in [6.07, 6.45) is 3.33. The summed E-state index contributed by atoms with van der Waals surface area (Å²) < 4.78 is 0.